The lowest BCUT2D eigenvalue weighted by molar-refractivity contribution is 0.0523. The molecule has 4 rings (SSSR count). The molecule has 0 amide bonds. The number of thioether (sulfide) groups is 1. The number of hydrogen-bond donors (Lipinski definition) is 0. The van der Waals surface area contributed by atoms with Crippen LogP contribution in [0.5, 0.6) is 0 Å². The summed E-state index contributed by atoms with van der Waals surface area (Å²) in [5.74, 6) is -0.393. The summed E-state index contributed by atoms with van der Waals surface area (Å²) in [6.07, 6.45) is 1.76. The van der Waals surface area contributed by atoms with E-state index in [9.17, 15) is 9.59 Å². The summed E-state index contributed by atoms with van der Waals surface area (Å²) in [6.45, 7) is 3.93. The van der Waals surface area contributed by atoms with Gasteiger partial charge in [-0.1, -0.05) is 66.4 Å². The van der Waals surface area contributed by atoms with Crippen molar-refractivity contribution in [3.8, 4) is 22.3 Å². The molecular formula is C22H19NO3S. The van der Waals surface area contributed by atoms with E-state index in [0.29, 0.717) is 17.2 Å². The normalized spacial score (nSPS) is 15.6. The average Bonchev–Trinajstić information content (AvgIpc) is 3.19. The predicted molar refractivity (Wildman–Crippen MR) is 107 cm³/mol. The Morgan fingerprint density at radius 2 is 1.67 bits per heavy atom. The number of nitrogens with zero attached hydrogens (tertiary/aromatic N) is 1. The molecule has 1 aliphatic rings. The summed E-state index contributed by atoms with van der Waals surface area (Å²) in [5, 5.41) is 0.482. The summed E-state index contributed by atoms with van der Waals surface area (Å²) < 4.78 is 6.85. The van der Waals surface area contributed by atoms with Crippen LogP contribution in [0, 0.1) is 0 Å². The van der Waals surface area contributed by atoms with Crippen molar-refractivity contribution >= 4 is 23.6 Å². The largest absolute Gasteiger partial charge is 0.462 e. The standard InChI is InChI=1S/C22H19NO3S/c1-3-26-22(25)19-18(13-23-20(24)14(2)27-21(19)23)17-11-9-16(10-12-17)15-7-5-4-6-8-15/h4-14H,3H2,1-2H3/t14-/m1/s1. The van der Waals surface area contributed by atoms with Gasteiger partial charge in [0.05, 0.1) is 22.4 Å². The van der Waals surface area contributed by atoms with Crippen LogP contribution in [0.15, 0.2) is 65.8 Å². The van der Waals surface area contributed by atoms with Crippen LogP contribution in [0.3, 0.4) is 0 Å². The fraction of sp³-hybridized carbons (Fsp3) is 0.182. The van der Waals surface area contributed by atoms with E-state index in [1.165, 1.54) is 11.8 Å². The molecule has 0 radical (unpaired) electrons. The van der Waals surface area contributed by atoms with Gasteiger partial charge in [0.1, 0.15) is 0 Å². The van der Waals surface area contributed by atoms with E-state index in [2.05, 4.69) is 12.1 Å². The van der Waals surface area contributed by atoms with Crippen molar-refractivity contribution in [2.75, 3.05) is 6.61 Å². The van der Waals surface area contributed by atoms with Gasteiger partial charge < -0.3 is 4.74 Å². The summed E-state index contributed by atoms with van der Waals surface area (Å²) in [5.41, 5.74) is 4.33. The van der Waals surface area contributed by atoms with Gasteiger partial charge in [0, 0.05) is 11.8 Å². The monoisotopic (exact) mass is 377 g/mol. The first-order chi connectivity index (χ1) is 13.1. The Bertz CT molecular complexity index is 1010. The smallest absolute Gasteiger partial charge is 0.341 e. The molecule has 5 heteroatoms. The minimum Gasteiger partial charge on any atom is -0.462 e. The van der Waals surface area contributed by atoms with Gasteiger partial charge in [0.25, 0.3) is 0 Å². The highest BCUT2D eigenvalue weighted by Crippen LogP contribution is 2.41. The number of ether oxygens (including phenoxy) is 1. The zero-order valence-corrected chi connectivity index (χ0v) is 16.0. The molecule has 0 unspecified atom stereocenters. The Morgan fingerprint density at radius 3 is 2.33 bits per heavy atom. The minimum atomic E-state index is -0.386. The maximum atomic E-state index is 12.6. The number of carbonyl (C=O) groups is 2. The number of hydrogen-bond acceptors (Lipinski definition) is 4. The van der Waals surface area contributed by atoms with Crippen LogP contribution in [0.25, 0.3) is 22.3 Å². The molecule has 0 saturated heterocycles. The van der Waals surface area contributed by atoms with Crippen LogP contribution < -0.4 is 0 Å². The Hall–Kier alpha value is -2.79. The van der Waals surface area contributed by atoms with Crippen molar-refractivity contribution < 1.29 is 14.3 Å². The number of benzene rings is 2. The second-order valence-electron chi connectivity index (χ2n) is 6.36. The van der Waals surface area contributed by atoms with Crippen molar-refractivity contribution in [3.05, 3.63) is 66.4 Å². The van der Waals surface area contributed by atoms with Gasteiger partial charge >= 0.3 is 5.97 Å². The highest BCUT2D eigenvalue weighted by atomic mass is 32.2. The number of aromatic nitrogens is 1. The van der Waals surface area contributed by atoms with Crippen LogP contribution in [0.4, 0.5) is 0 Å². The molecule has 1 aliphatic heterocycles. The van der Waals surface area contributed by atoms with E-state index in [1.54, 1.807) is 17.7 Å². The van der Waals surface area contributed by atoms with Crippen molar-refractivity contribution in [3.63, 3.8) is 0 Å². The lowest BCUT2D eigenvalue weighted by Gasteiger charge is -2.08. The van der Waals surface area contributed by atoms with Gasteiger partial charge in [0.2, 0.25) is 5.91 Å². The molecule has 0 N–H and O–H groups in total. The lowest BCUT2D eigenvalue weighted by Crippen LogP contribution is -2.12. The van der Waals surface area contributed by atoms with Crippen LogP contribution in [-0.4, -0.2) is 28.3 Å². The van der Waals surface area contributed by atoms with Gasteiger partial charge in [-0.15, -0.1) is 0 Å². The van der Waals surface area contributed by atoms with Gasteiger partial charge in [-0.3, -0.25) is 9.36 Å². The average molecular weight is 377 g/mol. The maximum absolute atomic E-state index is 12.6. The molecule has 136 valence electrons. The minimum absolute atomic E-state index is 0.00676. The highest BCUT2D eigenvalue weighted by Gasteiger charge is 2.35. The first kappa shape index (κ1) is 17.6. The van der Waals surface area contributed by atoms with Crippen molar-refractivity contribution in [2.24, 2.45) is 0 Å². The van der Waals surface area contributed by atoms with E-state index in [0.717, 1.165) is 22.3 Å². The first-order valence-corrected chi connectivity index (χ1v) is 9.77. The fourth-order valence-electron chi connectivity index (χ4n) is 3.27. The van der Waals surface area contributed by atoms with Gasteiger partial charge in [0.15, 0.2) is 0 Å². The maximum Gasteiger partial charge on any atom is 0.341 e. The third kappa shape index (κ3) is 3.08. The second-order valence-corrected chi connectivity index (χ2v) is 7.68. The van der Waals surface area contributed by atoms with Crippen molar-refractivity contribution in [2.45, 2.75) is 24.1 Å². The van der Waals surface area contributed by atoms with E-state index in [1.807, 2.05) is 49.4 Å². The van der Waals surface area contributed by atoms with E-state index in [-0.39, 0.29) is 17.1 Å². The van der Waals surface area contributed by atoms with Gasteiger partial charge in [-0.05, 0) is 30.5 Å². The molecule has 2 heterocycles. The number of rotatable bonds is 4. The summed E-state index contributed by atoms with van der Waals surface area (Å²) >= 11 is 1.41. The Labute approximate surface area is 162 Å². The lowest BCUT2D eigenvalue weighted by atomic mass is 10.00. The quantitative estimate of drug-likeness (QED) is 0.591. The molecular weight excluding hydrogens is 358 g/mol. The molecule has 0 saturated carbocycles. The third-order valence-electron chi connectivity index (χ3n) is 4.62. The SMILES string of the molecule is CCOC(=O)c1c(-c2ccc(-c3ccccc3)cc2)cn2c1S[C@H](C)C2=O. The molecule has 2 aromatic carbocycles. The second kappa shape index (κ2) is 7.08. The first-order valence-electron chi connectivity index (χ1n) is 8.89. The summed E-state index contributed by atoms with van der Waals surface area (Å²) in [7, 11) is 0. The van der Waals surface area contributed by atoms with E-state index < -0.39 is 0 Å². The third-order valence-corrected chi connectivity index (χ3v) is 5.80. The molecule has 0 bridgehead atoms. The van der Waals surface area contributed by atoms with Crippen LogP contribution in [0.1, 0.15) is 29.0 Å². The fourth-order valence-corrected chi connectivity index (χ4v) is 4.39. The Kier molecular flexibility index (Phi) is 4.62. The van der Waals surface area contributed by atoms with Crippen LogP contribution in [-0.2, 0) is 4.74 Å². The molecule has 0 aliphatic carbocycles. The molecule has 27 heavy (non-hydrogen) atoms. The van der Waals surface area contributed by atoms with Crippen LogP contribution in [0.2, 0.25) is 0 Å². The number of carbonyl (C=O) groups excluding carboxylic acids is 2. The van der Waals surface area contributed by atoms with E-state index >= 15 is 0 Å². The topological polar surface area (TPSA) is 48.3 Å². The van der Waals surface area contributed by atoms with Gasteiger partial charge in [-0.25, -0.2) is 4.79 Å². The molecule has 4 nitrogen and oxygen atoms in total. The highest BCUT2D eigenvalue weighted by molar-refractivity contribution is 8.01. The molecule has 1 atom stereocenters. The Balaban J connectivity index is 1.78. The summed E-state index contributed by atoms with van der Waals surface area (Å²) in [6, 6.07) is 18.1. The van der Waals surface area contributed by atoms with E-state index in [4.69, 9.17) is 4.74 Å². The van der Waals surface area contributed by atoms with Crippen LogP contribution >= 0.6 is 11.8 Å². The zero-order chi connectivity index (χ0) is 19.0. The number of esters is 1. The van der Waals surface area contributed by atoms with Crippen molar-refractivity contribution in [1.29, 1.82) is 0 Å². The molecule has 0 fully saturated rings. The number of fused-ring (bicyclic) bond motifs is 1. The molecule has 0 spiro atoms. The molecule has 1 aromatic heterocycles. The van der Waals surface area contributed by atoms with Crippen molar-refractivity contribution in [1.82, 2.24) is 4.57 Å². The van der Waals surface area contributed by atoms with Gasteiger partial charge in [-0.2, -0.15) is 0 Å². The predicted octanol–water partition coefficient (Wildman–Crippen LogP) is 5.13. The molecule has 3 aromatic rings. The Morgan fingerprint density at radius 1 is 1.04 bits per heavy atom. The zero-order valence-electron chi connectivity index (χ0n) is 15.1. The summed E-state index contributed by atoms with van der Waals surface area (Å²) in [4.78, 5) is 25.0.